The van der Waals surface area contributed by atoms with Crippen LogP contribution in [0, 0.1) is 11.3 Å². The lowest BCUT2D eigenvalue weighted by Gasteiger charge is -2.32. The van der Waals surface area contributed by atoms with E-state index in [2.05, 4.69) is 11.4 Å². The Kier molecular flexibility index (Phi) is 5.31. The molecule has 26 heavy (non-hydrogen) atoms. The predicted octanol–water partition coefficient (Wildman–Crippen LogP) is 2.10. The number of carbonyl (C=O) groups excluding carboxylic acids is 2. The summed E-state index contributed by atoms with van der Waals surface area (Å²) in [6, 6.07) is 9.25. The predicted molar refractivity (Wildman–Crippen MR) is 91.5 cm³/mol. The Morgan fingerprint density at radius 1 is 1.27 bits per heavy atom. The number of carbonyl (C=O) groups is 2. The SMILES string of the molecule is C[C@H](OC(=O)[C@@H]1COc2ccccc2O1)C(=O)NC1(C#N)CCCCC1. The van der Waals surface area contributed by atoms with Crippen LogP contribution in [0.5, 0.6) is 11.5 Å². The van der Waals surface area contributed by atoms with Gasteiger partial charge >= 0.3 is 5.97 Å². The molecule has 1 saturated carbocycles. The Hall–Kier alpha value is -2.75. The molecule has 0 spiro atoms. The molecule has 0 saturated heterocycles. The van der Waals surface area contributed by atoms with Crippen molar-refractivity contribution in [2.75, 3.05) is 6.61 Å². The molecule has 2 aliphatic rings. The third-order valence-corrected chi connectivity index (χ3v) is 4.72. The van der Waals surface area contributed by atoms with Crippen LogP contribution >= 0.6 is 0 Å². The molecule has 1 aliphatic carbocycles. The Morgan fingerprint density at radius 2 is 1.96 bits per heavy atom. The first-order chi connectivity index (χ1) is 12.5. The Labute approximate surface area is 152 Å². The van der Waals surface area contributed by atoms with Gasteiger partial charge in [0.2, 0.25) is 6.10 Å². The van der Waals surface area contributed by atoms with Gasteiger partial charge < -0.3 is 19.5 Å². The van der Waals surface area contributed by atoms with Gasteiger partial charge in [-0.25, -0.2) is 4.79 Å². The van der Waals surface area contributed by atoms with Crippen LogP contribution in [0.4, 0.5) is 0 Å². The molecule has 1 aromatic carbocycles. The van der Waals surface area contributed by atoms with Gasteiger partial charge in [-0.05, 0) is 31.9 Å². The highest BCUT2D eigenvalue weighted by atomic mass is 16.6. The van der Waals surface area contributed by atoms with E-state index < -0.39 is 29.6 Å². The monoisotopic (exact) mass is 358 g/mol. The molecule has 1 N–H and O–H groups in total. The average Bonchev–Trinajstić information content (AvgIpc) is 2.68. The minimum Gasteiger partial charge on any atom is -0.485 e. The van der Waals surface area contributed by atoms with E-state index in [0.717, 1.165) is 19.3 Å². The molecule has 1 fully saturated rings. The number of nitriles is 1. The molecule has 138 valence electrons. The van der Waals surface area contributed by atoms with Crippen molar-refractivity contribution in [3.05, 3.63) is 24.3 Å². The molecule has 1 aliphatic heterocycles. The number of ether oxygens (including phenoxy) is 3. The normalized spacial score (nSPS) is 21.8. The second-order valence-electron chi connectivity index (χ2n) is 6.69. The summed E-state index contributed by atoms with van der Waals surface area (Å²) in [6.45, 7) is 1.51. The van der Waals surface area contributed by atoms with Crippen LogP contribution in [0.1, 0.15) is 39.0 Å². The molecule has 3 rings (SSSR count). The van der Waals surface area contributed by atoms with Crippen LogP contribution in [-0.2, 0) is 14.3 Å². The van der Waals surface area contributed by atoms with E-state index in [9.17, 15) is 14.9 Å². The molecule has 1 aromatic rings. The maximum absolute atomic E-state index is 12.4. The molecular formula is C19H22N2O5. The summed E-state index contributed by atoms with van der Waals surface area (Å²) in [5.74, 6) is -0.116. The molecule has 2 atom stereocenters. The van der Waals surface area contributed by atoms with Crippen molar-refractivity contribution in [3.8, 4) is 17.6 Å². The fourth-order valence-electron chi connectivity index (χ4n) is 3.20. The number of para-hydroxylation sites is 2. The van der Waals surface area contributed by atoms with Crippen molar-refractivity contribution < 1.29 is 23.8 Å². The summed E-state index contributed by atoms with van der Waals surface area (Å²) >= 11 is 0. The molecule has 7 nitrogen and oxygen atoms in total. The first kappa shape index (κ1) is 18.1. The molecule has 1 amide bonds. The fraction of sp³-hybridized carbons (Fsp3) is 0.526. The van der Waals surface area contributed by atoms with Gasteiger partial charge in [0.05, 0.1) is 6.07 Å². The number of hydrogen-bond donors (Lipinski definition) is 1. The van der Waals surface area contributed by atoms with E-state index in [1.807, 2.05) is 6.07 Å². The maximum Gasteiger partial charge on any atom is 0.351 e. The molecule has 0 radical (unpaired) electrons. The number of nitrogens with one attached hydrogen (secondary N) is 1. The van der Waals surface area contributed by atoms with Gasteiger partial charge in [-0.15, -0.1) is 0 Å². The summed E-state index contributed by atoms with van der Waals surface area (Å²) < 4.78 is 16.3. The number of amides is 1. The zero-order valence-electron chi connectivity index (χ0n) is 14.7. The third kappa shape index (κ3) is 3.90. The van der Waals surface area contributed by atoms with Crippen molar-refractivity contribution in [2.24, 2.45) is 0 Å². The summed E-state index contributed by atoms with van der Waals surface area (Å²) in [7, 11) is 0. The smallest absolute Gasteiger partial charge is 0.351 e. The van der Waals surface area contributed by atoms with Crippen molar-refractivity contribution >= 4 is 11.9 Å². The van der Waals surface area contributed by atoms with E-state index in [-0.39, 0.29) is 6.61 Å². The number of fused-ring (bicyclic) bond motifs is 1. The first-order valence-corrected chi connectivity index (χ1v) is 8.85. The summed E-state index contributed by atoms with van der Waals surface area (Å²) in [4.78, 5) is 24.7. The van der Waals surface area contributed by atoms with E-state index in [0.29, 0.717) is 24.3 Å². The number of esters is 1. The Bertz CT molecular complexity index is 721. The van der Waals surface area contributed by atoms with Crippen LogP contribution in [0.2, 0.25) is 0 Å². The van der Waals surface area contributed by atoms with Crippen LogP contribution in [-0.4, -0.2) is 36.2 Å². The summed E-state index contributed by atoms with van der Waals surface area (Å²) in [5.41, 5.74) is -0.862. The van der Waals surface area contributed by atoms with Gasteiger partial charge in [0.1, 0.15) is 12.1 Å². The highest BCUT2D eigenvalue weighted by Crippen LogP contribution is 2.31. The van der Waals surface area contributed by atoms with Gasteiger partial charge in [0.25, 0.3) is 5.91 Å². The average molecular weight is 358 g/mol. The quantitative estimate of drug-likeness (QED) is 0.828. The van der Waals surface area contributed by atoms with E-state index in [4.69, 9.17) is 14.2 Å². The summed E-state index contributed by atoms with van der Waals surface area (Å²) in [5, 5.41) is 12.2. The first-order valence-electron chi connectivity index (χ1n) is 8.85. The second-order valence-corrected chi connectivity index (χ2v) is 6.69. The molecule has 7 heteroatoms. The largest absolute Gasteiger partial charge is 0.485 e. The van der Waals surface area contributed by atoms with E-state index in [1.165, 1.54) is 6.92 Å². The highest BCUT2D eigenvalue weighted by Gasteiger charge is 2.36. The number of nitrogens with zero attached hydrogens (tertiary/aromatic N) is 1. The van der Waals surface area contributed by atoms with Crippen molar-refractivity contribution in [1.29, 1.82) is 5.26 Å². The fourth-order valence-corrected chi connectivity index (χ4v) is 3.20. The maximum atomic E-state index is 12.4. The lowest BCUT2D eigenvalue weighted by atomic mass is 9.83. The van der Waals surface area contributed by atoms with Crippen molar-refractivity contribution in [1.82, 2.24) is 5.32 Å². The summed E-state index contributed by atoms with van der Waals surface area (Å²) in [6.07, 6.45) is 2.14. The van der Waals surface area contributed by atoms with Crippen molar-refractivity contribution in [3.63, 3.8) is 0 Å². The number of hydrogen-bond acceptors (Lipinski definition) is 6. The second kappa shape index (κ2) is 7.65. The minimum absolute atomic E-state index is 0.0202. The molecule has 0 aromatic heterocycles. The Morgan fingerprint density at radius 3 is 2.65 bits per heavy atom. The van der Waals surface area contributed by atoms with Crippen LogP contribution in [0.25, 0.3) is 0 Å². The molecule has 0 bridgehead atoms. The molecular weight excluding hydrogens is 336 g/mol. The highest BCUT2D eigenvalue weighted by molar-refractivity contribution is 5.85. The lowest BCUT2D eigenvalue weighted by Crippen LogP contribution is -2.52. The lowest BCUT2D eigenvalue weighted by molar-refractivity contribution is -0.164. The standard InChI is InChI=1S/C19H22N2O5/c1-13(17(22)21-19(12-20)9-5-2-6-10-19)25-18(23)16-11-24-14-7-3-4-8-15(14)26-16/h3-4,7-8,13,16H,2,5-6,9-11H2,1H3,(H,21,22)/t13-,16-/m0/s1. The van der Waals surface area contributed by atoms with Gasteiger partial charge in [0.15, 0.2) is 17.6 Å². The van der Waals surface area contributed by atoms with Gasteiger partial charge in [0, 0.05) is 0 Å². The third-order valence-electron chi connectivity index (χ3n) is 4.72. The van der Waals surface area contributed by atoms with Crippen LogP contribution in [0.3, 0.4) is 0 Å². The van der Waals surface area contributed by atoms with Gasteiger partial charge in [-0.2, -0.15) is 5.26 Å². The minimum atomic E-state index is -1.02. The zero-order valence-corrected chi connectivity index (χ0v) is 14.7. The van der Waals surface area contributed by atoms with Crippen LogP contribution < -0.4 is 14.8 Å². The molecule has 1 heterocycles. The van der Waals surface area contributed by atoms with Crippen molar-refractivity contribution in [2.45, 2.75) is 56.8 Å². The van der Waals surface area contributed by atoms with Gasteiger partial charge in [-0.1, -0.05) is 31.4 Å². The zero-order chi connectivity index (χ0) is 18.6. The molecule has 0 unspecified atom stereocenters. The number of benzene rings is 1. The van der Waals surface area contributed by atoms with Gasteiger partial charge in [-0.3, -0.25) is 4.79 Å². The number of rotatable bonds is 4. The van der Waals surface area contributed by atoms with Crippen LogP contribution in [0.15, 0.2) is 24.3 Å². The van der Waals surface area contributed by atoms with E-state index >= 15 is 0 Å². The Balaban J connectivity index is 1.56. The topological polar surface area (TPSA) is 97.7 Å². The van der Waals surface area contributed by atoms with E-state index in [1.54, 1.807) is 18.2 Å².